The van der Waals surface area contributed by atoms with Gasteiger partial charge in [-0.05, 0) is 41.4 Å². The molecule has 0 saturated heterocycles. The molecule has 0 bridgehead atoms. The van der Waals surface area contributed by atoms with Gasteiger partial charge in [0.25, 0.3) is 0 Å². The van der Waals surface area contributed by atoms with Gasteiger partial charge in [-0.1, -0.05) is 0 Å². The molecule has 0 atom stereocenters. The molecule has 0 unspecified atom stereocenters. The molecule has 1 heterocycles. The summed E-state index contributed by atoms with van der Waals surface area (Å²) in [6.07, 6.45) is 1.15. The number of pyridine rings is 1. The van der Waals surface area contributed by atoms with E-state index in [9.17, 15) is 4.79 Å². The third-order valence-electron chi connectivity index (χ3n) is 1.55. The minimum absolute atomic E-state index is 0.349. The van der Waals surface area contributed by atoms with E-state index >= 15 is 0 Å². The van der Waals surface area contributed by atoms with Crippen LogP contribution < -0.4 is 5.32 Å². The van der Waals surface area contributed by atoms with E-state index in [1.54, 1.807) is 19.2 Å². The predicted octanol–water partition coefficient (Wildman–Crippen LogP) is 2.72. The second-order valence-electron chi connectivity index (χ2n) is 2.66. The van der Waals surface area contributed by atoms with Crippen LogP contribution in [-0.2, 0) is 4.74 Å². The Balaban J connectivity index is 2.68. The average Bonchev–Trinajstić information content (AvgIpc) is 2.12. The fourth-order valence-electron chi connectivity index (χ4n) is 0.879. The van der Waals surface area contributed by atoms with Gasteiger partial charge in [0.2, 0.25) is 0 Å². The van der Waals surface area contributed by atoms with Crippen LogP contribution in [0.15, 0.2) is 16.7 Å². The molecule has 76 valence electrons. The number of amides is 1. The van der Waals surface area contributed by atoms with Crippen molar-refractivity contribution < 1.29 is 9.53 Å². The van der Waals surface area contributed by atoms with Crippen molar-refractivity contribution in [2.45, 2.75) is 13.8 Å². The maximum Gasteiger partial charge on any atom is 0.412 e. The van der Waals surface area contributed by atoms with Crippen molar-refractivity contribution in [1.82, 2.24) is 4.98 Å². The largest absolute Gasteiger partial charge is 0.450 e. The van der Waals surface area contributed by atoms with E-state index < -0.39 is 6.09 Å². The summed E-state index contributed by atoms with van der Waals surface area (Å²) in [4.78, 5) is 15.0. The van der Waals surface area contributed by atoms with Gasteiger partial charge in [0, 0.05) is 10.7 Å². The Hall–Kier alpha value is -1.10. The smallest absolute Gasteiger partial charge is 0.412 e. The molecule has 0 aromatic carbocycles. The number of carbonyl (C=O) groups is 1. The van der Waals surface area contributed by atoms with Crippen molar-refractivity contribution >= 4 is 27.8 Å². The lowest BCUT2D eigenvalue weighted by atomic mass is 10.3. The van der Waals surface area contributed by atoms with Crippen LogP contribution in [0.5, 0.6) is 0 Å². The maximum atomic E-state index is 11.0. The topological polar surface area (TPSA) is 51.2 Å². The summed E-state index contributed by atoms with van der Waals surface area (Å²) >= 11 is 3.32. The minimum Gasteiger partial charge on any atom is -0.450 e. The van der Waals surface area contributed by atoms with Gasteiger partial charge in [-0.2, -0.15) is 0 Å². The van der Waals surface area contributed by atoms with Gasteiger partial charge < -0.3 is 4.74 Å². The van der Waals surface area contributed by atoms with E-state index in [2.05, 4.69) is 26.2 Å². The second kappa shape index (κ2) is 4.95. The number of halogens is 1. The number of nitrogens with zero attached hydrogens (tertiary/aromatic N) is 1. The van der Waals surface area contributed by atoms with Crippen molar-refractivity contribution in [3.63, 3.8) is 0 Å². The van der Waals surface area contributed by atoms with E-state index in [4.69, 9.17) is 4.74 Å². The lowest BCUT2D eigenvalue weighted by Crippen LogP contribution is -2.14. The zero-order valence-electron chi connectivity index (χ0n) is 8.00. The SMILES string of the molecule is CCOC(=O)Nc1cc(C)c(Br)cn1. The standard InChI is InChI=1S/C9H11BrN2O2/c1-3-14-9(13)12-8-4-6(2)7(10)5-11-8/h4-5H,3H2,1-2H3,(H,11,12,13). The van der Waals surface area contributed by atoms with Gasteiger partial charge in [0.05, 0.1) is 6.61 Å². The number of carbonyl (C=O) groups excluding carboxylic acids is 1. The normalized spacial score (nSPS) is 9.64. The van der Waals surface area contributed by atoms with Crippen molar-refractivity contribution in [1.29, 1.82) is 0 Å². The minimum atomic E-state index is -0.485. The summed E-state index contributed by atoms with van der Waals surface area (Å²) in [5.74, 6) is 0.490. The summed E-state index contributed by atoms with van der Waals surface area (Å²) in [6.45, 7) is 4.02. The Morgan fingerprint density at radius 2 is 2.43 bits per heavy atom. The van der Waals surface area contributed by atoms with Gasteiger partial charge in [0.1, 0.15) is 5.82 Å². The van der Waals surface area contributed by atoms with Crippen LogP contribution in [0.4, 0.5) is 10.6 Å². The highest BCUT2D eigenvalue weighted by Crippen LogP contribution is 2.17. The molecule has 1 rings (SSSR count). The molecule has 0 aliphatic rings. The zero-order chi connectivity index (χ0) is 10.6. The summed E-state index contributed by atoms with van der Waals surface area (Å²) in [7, 11) is 0. The summed E-state index contributed by atoms with van der Waals surface area (Å²) in [6, 6.07) is 1.76. The fourth-order valence-corrected chi connectivity index (χ4v) is 1.10. The van der Waals surface area contributed by atoms with Crippen LogP contribution in [-0.4, -0.2) is 17.7 Å². The van der Waals surface area contributed by atoms with Crippen molar-refractivity contribution in [3.05, 3.63) is 22.3 Å². The number of rotatable bonds is 2. The average molecular weight is 259 g/mol. The Labute approximate surface area is 90.8 Å². The van der Waals surface area contributed by atoms with Gasteiger partial charge in [0.15, 0.2) is 0 Å². The zero-order valence-corrected chi connectivity index (χ0v) is 9.59. The first kappa shape index (κ1) is 11.0. The molecule has 4 nitrogen and oxygen atoms in total. The van der Waals surface area contributed by atoms with Crippen LogP contribution in [0, 0.1) is 6.92 Å². The highest BCUT2D eigenvalue weighted by Gasteiger charge is 2.03. The molecule has 0 radical (unpaired) electrons. The van der Waals surface area contributed by atoms with Crippen LogP contribution >= 0.6 is 15.9 Å². The number of aromatic nitrogens is 1. The third-order valence-corrected chi connectivity index (χ3v) is 2.38. The van der Waals surface area contributed by atoms with E-state index in [0.717, 1.165) is 10.0 Å². The quantitative estimate of drug-likeness (QED) is 0.888. The lowest BCUT2D eigenvalue weighted by molar-refractivity contribution is 0.168. The second-order valence-corrected chi connectivity index (χ2v) is 3.52. The predicted molar refractivity (Wildman–Crippen MR) is 57.3 cm³/mol. The number of hydrogen-bond donors (Lipinski definition) is 1. The Morgan fingerprint density at radius 3 is 3.00 bits per heavy atom. The molecule has 0 fully saturated rings. The first-order valence-corrected chi connectivity index (χ1v) is 4.98. The van der Waals surface area contributed by atoms with Crippen LogP contribution in [0.1, 0.15) is 12.5 Å². The van der Waals surface area contributed by atoms with Crippen LogP contribution in [0.3, 0.4) is 0 Å². The molecule has 0 aliphatic carbocycles. The number of nitrogens with one attached hydrogen (secondary N) is 1. The Bertz CT molecular complexity index is 342. The first-order valence-electron chi connectivity index (χ1n) is 4.19. The number of hydrogen-bond acceptors (Lipinski definition) is 3. The molecule has 1 aromatic rings. The van der Waals surface area contributed by atoms with Gasteiger partial charge in [-0.3, -0.25) is 5.32 Å². The number of anilines is 1. The molecule has 1 N–H and O–H groups in total. The Morgan fingerprint density at radius 1 is 1.71 bits per heavy atom. The van der Waals surface area contributed by atoms with Crippen LogP contribution in [0.2, 0.25) is 0 Å². The highest BCUT2D eigenvalue weighted by molar-refractivity contribution is 9.10. The summed E-state index contributed by atoms with van der Waals surface area (Å²) in [5.41, 5.74) is 1.01. The van der Waals surface area contributed by atoms with E-state index in [1.165, 1.54) is 0 Å². The molecule has 0 saturated carbocycles. The molecule has 1 amide bonds. The lowest BCUT2D eigenvalue weighted by Gasteiger charge is -2.05. The third kappa shape index (κ3) is 2.99. The van der Waals surface area contributed by atoms with Gasteiger partial charge >= 0.3 is 6.09 Å². The van der Waals surface area contributed by atoms with Gasteiger partial charge in [-0.25, -0.2) is 9.78 Å². The number of aryl methyl sites for hydroxylation is 1. The molecule has 0 aliphatic heterocycles. The summed E-state index contributed by atoms with van der Waals surface area (Å²) in [5, 5.41) is 2.52. The fraction of sp³-hybridized carbons (Fsp3) is 0.333. The Kier molecular flexibility index (Phi) is 3.88. The van der Waals surface area contributed by atoms with Crippen molar-refractivity contribution in [2.24, 2.45) is 0 Å². The van der Waals surface area contributed by atoms with Crippen molar-refractivity contribution in [3.8, 4) is 0 Å². The van der Waals surface area contributed by atoms with Gasteiger partial charge in [-0.15, -0.1) is 0 Å². The molecule has 14 heavy (non-hydrogen) atoms. The molecule has 0 spiro atoms. The molecular weight excluding hydrogens is 248 g/mol. The van der Waals surface area contributed by atoms with Crippen molar-refractivity contribution in [2.75, 3.05) is 11.9 Å². The molecule has 1 aromatic heterocycles. The molecule has 5 heteroatoms. The summed E-state index contributed by atoms with van der Waals surface area (Å²) < 4.78 is 5.62. The van der Waals surface area contributed by atoms with E-state index in [1.807, 2.05) is 6.92 Å². The maximum absolute atomic E-state index is 11.0. The first-order chi connectivity index (χ1) is 6.63. The molecular formula is C9H11BrN2O2. The van der Waals surface area contributed by atoms with E-state index in [0.29, 0.717) is 12.4 Å². The highest BCUT2D eigenvalue weighted by atomic mass is 79.9. The number of ether oxygens (including phenoxy) is 1. The monoisotopic (exact) mass is 258 g/mol. The van der Waals surface area contributed by atoms with E-state index in [-0.39, 0.29) is 0 Å². The van der Waals surface area contributed by atoms with Crippen LogP contribution in [0.25, 0.3) is 0 Å².